The van der Waals surface area contributed by atoms with Crippen molar-refractivity contribution in [2.24, 2.45) is 0 Å². The van der Waals surface area contributed by atoms with E-state index in [1.807, 2.05) is 0 Å². The first kappa shape index (κ1) is 38.7. The van der Waals surface area contributed by atoms with Crippen LogP contribution in [-0.4, -0.2) is 0 Å². The summed E-state index contributed by atoms with van der Waals surface area (Å²) in [6.07, 6.45) is 7.05. The zero-order valence-electron chi connectivity index (χ0n) is 37.5. The van der Waals surface area contributed by atoms with Crippen molar-refractivity contribution >= 4 is 87.6 Å². The first-order valence-corrected chi connectivity index (χ1v) is 24.0. The SMILES string of the molecule is C1=c2c(-c3ccc4ccccc4c3)c3ccccc3c(-c3ccc(-c4ccc(-c5c6ccccc6c(-c6ccc7ccccc7c6)c6ccccc56)c5ccccc45)c4ccccc34)c2=CCC1. The Morgan fingerprint density at radius 3 is 0.985 bits per heavy atom. The van der Waals surface area contributed by atoms with E-state index in [2.05, 4.69) is 243 Å². The summed E-state index contributed by atoms with van der Waals surface area (Å²) in [6, 6.07) is 86.1. The molecule has 0 radical (unpaired) electrons. The van der Waals surface area contributed by atoms with Crippen molar-refractivity contribution in [2.45, 2.75) is 12.8 Å². The second-order valence-corrected chi connectivity index (χ2v) is 18.5. The van der Waals surface area contributed by atoms with E-state index >= 15 is 0 Å². The summed E-state index contributed by atoms with van der Waals surface area (Å²) in [7, 11) is 0. The molecular weight excluding hydrogens is 817 g/mol. The molecule has 0 saturated heterocycles. The van der Waals surface area contributed by atoms with Crippen LogP contribution in [0, 0.1) is 0 Å². The van der Waals surface area contributed by atoms with Crippen molar-refractivity contribution in [1.29, 1.82) is 0 Å². The van der Waals surface area contributed by atoms with Crippen LogP contribution in [0.25, 0.3) is 143 Å². The molecule has 316 valence electrons. The fourth-order valence-electron chi connectivity index (χ4n) is 11.9. The van der Waals surface area contributed by atoms with E-state index in [1.165, 1.54) is 141 Å². The average molecular weight is 861 g/mol. The van der Waals surface area contributed by atoms with Gasteiger partial charge in [-0.25, -0.2) is 0 Å². The van der Waals surface area contributed by atoms with Gasteiger partial charge in [0.1, 0.15) is 0 Å². The minimum atomic E-state index is 1.03. The molecule has 13 aromatic carbocycles. The van der Waals surface area contributed by atoms with E-state index in [-0.39, 0.29) is 0 Å². The van der Waals surface area contributed by atoms with Gasteiger partial charge in [0.25, 0.3) is 0 Å². The van der Waals surface area contributed by atoms with Gasteiger partial charge in [0.15, 0.2) is 0 Å². The van der Waals surface area contributed by atoms with Gasteiger partial charge in [-0.1, -0.05) is 231 Å². The lowest BCUT2D eigenvalue weighted by Crippen LogP contribution is -2.31. The highest BCUT2D eigenvalue weighted by Gasteiger charge is 2.22. The molecule has 68 heavy (non-hydrogen) atoms. The van der Waals surface area contributed by atoms with Crippen LogP contribution >= 0.6 is 0 Å². The van der Waals surface area contributed by atoms with Crippen LogP contribution in [0.5, 0.6) is 0 Å². The Kier molecular flexibility index (Phi) is 8.82. The minimum Gasteiger partial charge on any atom is -0.0757 e. The smallest absolute Gasteiger partial charge is 0.00201 e. The molecule has 0 unspecified atom stereocenters. The lowest BCUT2D eigenvalue weighted by atomic mass is 9.82. The molecule has 0 aliphatic heterocycles. The topological polar surface area (TPSA) is 0 Å². The highest BCUT2D eigenvalue weighted by atomic mass is 14.2. The Morgan fingerprint density at radius 2 is 0.515 bits per heavy atom. The molecule has 0 heteroatoms. The summed E-state index contributed by atoms with van der Waals surface area (Å²) in [6.45, 7) is 0. The van der Waals surface area contributed by atoms with Gasteiger partial charge < -0.3 is 0 Å². The summed E-state index contributed by atoms with van der Waals surface area (Å²) in [5.41, 5.74) is 12.7. The fraction of sp³-hybridized carbons (Fsp3) is 0.0294. The summed E-state index contributed by atoms with van der Waals surface area (Å²) >= 11 is 0. The van der Waals surface area contributed by atoms with E-state index in [4.69, 9.17) is 0 Å². The molecule has 0 nitrogen and oxygen atoms in total. The van der Waals surface area contributed by atoms with E-state index in [9.17, 15) is 0 Å². The first-order valence-electron chi connectivity index (χ1n) is 24.0. The quantitative estimate of drug-likeness (QED) is 0.151. The van der Waals surface area contributed by atoms with Gasteiger partial charge in [0.05, 0.1) is 0 Å². The largest absolute Gasteiger partial charge is 0.0757 e. The molecular formula is C68H44. The highest BCUT2D eigenvalue weighted by molar-refractivity contribution is 6.25. The zero-order valence-corrected chi connectivity index (χ0v) is 37.5. The van der Waals surface area contributed by atoms with Crippen LogP contribution in [0.15, 0.2) is 231 Å². The van der Waals surface area contributed by atoms with E-state index in [1.54, 1.807) is 0 Å². The van der Waals surface area contributed by atoms with E-state index in [0.717, 1.165) is 12.8 Å². The highest BCUT2D eigenvalue weighted by Crippen LogP contribution is 2.48. The van der Waals surface area contributed by atoms with E-state index in [0.29, 0.717) is 0 Å². The molecule has 0 bridgehead atoms. The minimum absolute atomic E-state index is 1.03. The van der Waals surface area contributed by atoms with Gasteiger partial charge in [0, 0.05) is 0 Å². The molecule has 0 aromatic heterocycles. The maximum Gasteiger partial charge on any atom is -0.00201 e. The summed E-state index contributed by atoms with van der Waals surface area (Å²) in [5.74, 6) is 0. The van der Waals surface area contributed by atoms with Crippen LogP contribution in [0.4, 0.5) is 0 Å². The summed E-state index contributed by atoms with van der Waals surface area (Å²) in [4.78, 5) is 0. The summed E-state index contributed by atoms with van der Waals surface area (Å²) in [5, 5.41) is 20.4. The maximum atomic E-state index is 2.50. The van der Waals surface area contributed by atoms with Gasteiger partial charge in [0.2, 0.25) is 0 Å². The number of hydrogen-bond donors (Lipinski definition) is 0. The standard InChI is InChI=1S/C68H44/c1-3-19-45-41-47(35-33-43(45)17-1)65-55-25-9-13-29-59(55)67(60-30-14-10-26-56(60)65)63-39-37-53(49-21-5-7-23-51(49)63)54-38-40-64(52-24-8-6-22-50(52)54)68-61-31-15-11-27-57(61)66(58-28-12-16-32-62(58)68)48-36-34-44-18-2-4-20-46(44)42-48/h1-11,13-15,17-42H,12,16H2. The number of rotatable bonds is 5. The van der Waals surface area contributed by atoms with Crippen LogP contribution in [0.1, 0.15) is 12.8 Å². The normalized spacial score (nSPS) is 12.5. The number of fused-ring (bicyclic) bond motifs is 8. The second-order valence-electron chi connectivity index (χ2n) is 18.5. The Labute approximate surface area is 395 Å². The molecule has 13 aromatic rings. The van der Waals surface area contributed by atoms with Gasteiger partial charge in [-0.3, -0.25) is 0 Å². The third kappa shape index (κ3) is 5.94. The lowest BCUT2D eigenvalue weighted by Gasteiger charge is -2.21. The lowest BCUT2D eigenvalue weighted by molar-refractivity contribution is 1.12. The predicted molar refractivity (Wildman–Crippen MR) is 294 cm³/mol. The van der Waals surface area contributed by atoms with E-state index < -0.39 is 0 Å². The molecule has 0 heterocycles. The van der Waals surface area contributed by atoms with Gasteiger partial charge in [-0.2, -0.15) is 0 Å². The monoisotopic (exact) mass is 860 g/mol. The molecule has 14 rings (SSSR count). The van der Waals surface area contributed by atoms with Crippen LogP contribution in [0.3, 0.4) is 0 Å². The Balaban J connectivity index is 0.976. The molecule has 0 fully saturated rings. The Hall–Kier alpha value is -8.58. The maximum absolute atomic E-state index is 2.50. The van der Waals surface area contributed by atoms with Crippen molar-refractivity contribution in [2.75, 3.05) is 0 Å². The molecule has 1 aliphatic rings. The Bertz CT molecular complexity index is 4320. The molecule has 0 atom stereocenters. The summed E-state index contributed by atoms with van der Waals surface area (Å²) < 4.78 is 0. The molecule has 0 amide bonds. The van der Waals surface area contributed by atoms with Crippen molar-refractivity contribution in [3.63, 3.8) is 0 Å². The molecule has 1 aliphatic carbocycles. The van der Waals surface area contributed by atoms with Crippen molar-refractivity contribution in [1.82, 2.24) is 0 Å². The Morgan fingerprint density at radius 1 is 0.206 bits per heavy atom. The first-order chi connectivity index (χ1) is 33.8. The average Bonchev–Trinajstić information content (AvgIpc) is 3.41. The van der Waals surface area contributed by atoms with Gasteiger partial charge in [-0.15, -0.1) is 0 Å². The van der Waals surface area contributed by atoms with Gasteiger partial charge >= 0.3 is 0 Å². The number of hydrogen-bond acceptors (Lipinski definition) is 0. The van der Waals surface area contributed by atoms with Crippen molar-refractivity contribution in [3.05, 3.63) is 241 Å². The van der Waals surface area contributed by atoms with Gasteiger partial charge in [-0.05, 0) is 166 Å². The molecule has 0 saturated carbocycles. The second kappa shape index (κ2) is 15.5. The van der Waals surface area contributed by atoms with Crippen molar-refractivity contribution < 1.29 is 0 Å². The third-order valence-electron chi connectivity index (χ3n) is 14.8. The number of benzene rings is 13. The molecule has 0 N–H and O–H groups in total. The fourth-order valence-corrected chi connectivity index (χ4v) is 11.9. The van der Waals surface area contributed by atoms with Crippen molar-refractivity contribution in [3.8, 4) is 55.6 Å². The van der Waals surface area contributed by atoms with Crippen LogP contribution in [0.2, 0.25) is 0 Å². The van der Waals surface area contributed by atoms with Crippen LogP contribution < -0.4 is 10.4 Å². The molecule has 0 spiro atoms. The predicted octanol–water partition coefficient (Wildman–Crippen LogP) is 17.4. The van der Waals surface area contributed by atoms with Crippen LogP contribution in [-0.2, 0) is 0 Å². The third-order valence-corrected chi connectivity index (χ3v) is 14.8. The zero-order chi connectivity index (χ0) is 44.7.